The Morgan fingerprint density at radius 3 is 2.68 bits per heavy atom. The Labute approximate surface area is 115 Å². The van der Waals surface area contributed by atoms with Crippen LogP contribution in [0.25, 0.3) is 0 Å². The van der Waals surface area contributed by atoms with Crippen LogP contribution >= 0.6 is 11.8 Å². The third kappa shape index (κ3) is 4.41. The fourth-order valence-corrected chi connectivity index (χ4v) is 2.47. The van der Waals surface area contributed by atoms with Crippen LogP contribution in [0.15, 0.2) is 53.4 Å². The first kappa shape index (κ1) is 13.6. The first-order chi connectivity index (χ1) is 9.13. The largest absolute Gasteiger partial charge is 0.508 e. The minimum atomic E-state index is -0.301. The van der Waals surface area contributed by atoms with Crippen LogP contribution in [0, 0.1) is 5.82 Å². The van der Waals surface area contributed by atoms with Crippen molar-refractivity contribution in [1.82, 2.24) is 0 Å². The van der Waals surface area contributed by atoms with Crippen LogP contribution in [0.5, 0.6) is 5.75 Å². The van der Waals surface area contributed by atoms with E-state index in [1.54, 1.807) is 36.4 Å². The van der Waals surface area contributed by atoms with Crippen LogP contribution in [0.2, 0.25) is 0 Å². The molecule has 0 saturated carbocycles. The molecular formula is C15H13FO2S. The van der Waals surface area contributed by atoms with E-state index in [-0.39, 0.29) is 23.8 Å². The van der Waals surface area contributed by atoms with E-state index >= 15 is 0 Å². The highest BCUT2D eigenvalue weighted by atomic mass is 32.2. The van der Waals surface area contributed by atoms with Gasteiger partial charge in [-0.25, -0.2) is 4.39 Å². The second-order valence-corrected chi connectivity index (χ2v) is 5.18. The highest BCUT2D eigenvalue weighted by Crippen LogP contribution is 2.19. The highest BCUT2D eigenvalue weighted by Gasteiger charge is 2.06. The van der Waals surface area contributed by atoms with Gasteiger partial charge < -0.3 is 5.11 Å². The van der Waals surface area contributed by atoms with Crippen molar-refractivity contribution in [3.8, 4) is 5.75 Å². The number of thioether (sulfide) groups is 1. The number of carbonyl (C=O) groups is 1. The first-order valence-corrected chi connectivity index (χ1v) is 6.80. The molecule has 0 heterocycles. The van der Waals surface area contributed by atoms with Gasteiger partial charge in [0.1, 0.15) is 17.3 Å². The van der Waals surface area contributed by atoms with Crippen LogP contribution in [0.3, 0.4) is 0 Å². The zero-order chi connectivity index (χ0) is 13.7. The van der Waals surface area contributed by atoms with Crippen molar-refractivity contribution in [2.24, 2.45) is 0 Å². The number of ketones is 1. The van der Waals surface area contributed by atoms with Gasteiger partial charge in [0.25, 0.3) is 0 Å². The van der Waals surface area contributed by atoms with Crippen molar-refractivity contribution < 1.29 is 14.3 Å². The SMILES string of the molecule is O=C(CSc1cccc(F)c1)Cc1cccc(O)c1. The summed E-state index contributed by atoms with van der Waals surface area (Å²) in [7, 11) is 0. The topological polar surface area (TPSA) is 37.3 Å². The number of phenolic OH excluding ortho intramolecular Hbond substituents is 1. The van der Waals surface area contributed by atoms with E-state index in [1.165, 1.54) is 23.9 Å². The van der Waals surface area contributed by atoms with Crippen molar-refractivity contribution in [2.75, 3.05) is 5.75 Å². The van der Waals surface area contributed by atoms with Crippen LogP contribution in [-0.2, 0) is 11.2 Å². The summed E-state index contributed by atoms with van der Waals surface area (Å²) in [6.45, 7) is 0. The van der Waals surface area contributed by atoms with Gasteiger partial charge in [-0.1, -0.05) is 18.2 Å². The summed E-state index contributed by atoms with van der Waals surface area (Å²) in [5.41, 5.74) is 0.782. The van der Waals surface area contributed by atoms with Crippen molar-refractivity contribution in [3.05, 3.63) is 59.9 Å². The lowest BCUT2D eigenvalue weighted by Gasteiger charge is -2.03. The van der Waals surface area contributed by atoms with Crippen LogP contribution in [0.1, 0.15) is 5.56 Å². The number of carbonyl (C=O) groups excluding carboxylic acids is 1. The molecule has 0 saturated heterocycles. The van der Waals surface area contributed by atoms with Crippen molar-refractivity contribution in [2.45, 2.75) is 11.3 Å². The van der Waals surface area contributed by atoms with Gasteiger partial charge in [-0.3, -0.25) is 4.79 Å². The highest BCUT2D eigenvalue weighted by molar-refractivity contribution is 8.00. The number of hydrogen-bond acceptors (Lipinski definition) is 3. The minimum absolute atomic E-state index is 0.0415. The second kappa shape index (κ2) is 6.38. The lowest BCUT2D eigenvalue weighted by atomic mass is 10.1. The molecule has 0 fully saturated rings. The molecule has 2 nitrogen and oxygen atoms in total. The van der Waals surface area contributed by atoms with Gasteiger partial charge in [0.15, 0.2) is 0 Å². The molecule has 0 aliphatic heterocycles. The van der Waals surface area contributed by atoms with E-state index in [2.05, 4.69) is 0 Å². The van der Waals surface area contributed by atoms with E-state index in [0.29, 0.717) is 5.75 Å². The number of rotatable bonds is 5. The molecule has 0 amide bonds. The Kier molecular flexibility index (Phi) is 4.58. The number of phenols is 1. The monoisotopic (exact) mass is 276 g/mol. The van der Waals surface area contributed by atoms with Crippen molar-refractivity contribution in [1.29, 1.82) is 0 Å². The standard InChI is InChI=1S/C15H13FO2S/c16-12-4-2-6-15(9-12)19-10-14(18)8-11-3-1-5-13(17)7-11/h1-7,9,17H,8,10H2. The number of benzene rings is 2. The molecular weight excluding hydrogens is 263 g/mol. The molecule has 4 heteroatoms. The molecule has 0 atom stereocenters. The molecule has 0 aliphatic rings. The Morgan fingerprint density at radius 2 is 1.95 bits per heavy atom. The summed E-state index contributed by atoms with van der Waals surface area (Å²) >= 11 is 1.31. The van der Waals surface area contributed by atoms with Crippen LogP contribution < -0.4 is 0 Å². The Hall–Kier alpha value is -1.81. The lowest BCUT2D eigenvalue weighted by Crippen LogP contribution is -2.05. The zero-order valence-corrected chi connectivity index (χ0v) is 11.0. The number of aromatic hydroxyl groups is 1. The molecule has 1 N–H and O–H groups in total. The van der Waals surface area contributed by atoms with Crippen molar-refractivity contribution in [3.63, 3.8) is 0 Å². The molecule has 2 rings (SSSR count). The quantitative estimate of drug-likeness (QED) is 0.850. The van der Waals surface area contributed by atoms with Gasteiger partial charge in [-0.15, -0.1) is 11.8 Å². The zero-order valence-electron chi connectivity index (χ0n) is 10.2. The number of hydrogen-bond donors (Lipinski definition) is 1. The van der Waals surface area contributed by atoms with Gasteiger partial charge in [0, 0.05) is 11.3 Å². The first-order valence-electron chi connectivity index (χ1n) is 5.81. The molecule has 98 valence electrons. The summed E-state index contributed by atoms with van der Waals surface area (Å²) in [6.07, 6.45) is 0.275. The third-order valence-electron chi connectivity index (χ3n) is 2.51. The smallest absolute Gasteiger partial charge is 0.147 e. The molecule has 2 aromatic rings. The van der Waals surface area contributed by atoms with E-state index < -0.39 is 0 Å². The maximum atomic E-state index is 13.0. The van der Waals surface area contributed by atoms with Gasteiger partial charge >= 0.3 is 0 Å². The third-order valence-corrected chi connectivity index (χ3v) is 3.56. The van der Waals surface area contributed by atoms with Gasteiger partial charge in [0.05, 0.1) is 5.75 Å². The maximum Gasteiger partial charge on any atom is 0.147 e. The summed E-state index contributed by atoms with van der Waals surface area (Å²) in [5, 5.41) is 9.31. The van der Waals surface area contributed by atoms with Crippen LogP contribution in [-0.4, -0.2) is 16.6 Å². The summed E-state index contributed by atoms with van der Waals surface area (Å²) in [5.74, 6) is 0.187. The molecule has 0 radical (unpaired) electrons. The Morgan fingerprint density at radius 1 is 1.16 bits per heavy atom. The van der Waals surface area contributed by atoms with E-state index in [9.17, 15) is 14.3 Å². The molecule has 0 bridgehead atoms. The summed E-state index contributed by atoms with van der Waals surface area (Å²) in [4.78, 5) is 12.5. The van der Waals surface area contributed by atoms with E-state index in [4.69, 9.17) is 0 Å². The Bertz CT molecular complexity index is 584. The van der Waals surface area contributed by atoms with E-state index in [0.717, 1.165) is 10.5 Å². The average molecular weight is 276 g/mol. The molecule has 19 heavy (non-hydrogen) atoms. The fraction of sp³-hybridized carbons (Fsp3) is 0.133. The maximum absolute atomic E-state index is 13.0. The predicted octanol–water partition coefficient (Wildman–Crippen LogP) is 3.44. The molecule has 0 spiro atoms. The average Bonchev–Trinajstić information content (AvgIpc) is 2.36. The Balaban J connectivity index is 1.88. The van der Waals surface area contributed by atoms with Gasteiger partial charge in [0.2, 0.25) is 0 Å². The van der Waals surface area contributed by atoms with Crippen molar-refractivity contribution >= 4 is 17.5 Å². The number of Topliss-reactive ketones (excluding diaryl/α,β-unsaturated/α-hetero) is 1. The summed E-state index contributed by atoms with van der Waals surface area (Å²) in [6, 6.07) is 12.8. The predicted molar refractivity (Wildman–Crippen MR) is 73.9 cm³/mol. The van der Waals surface area contributed by atoms with Gasteiger partial charge in [-0.05, 0) is 35.9 Å². The normalized spacial score (nSPS) is 10.4. The molecule has 0 aliphatic carbocycles. The molecule has 0 unspecified atom stereocenters. The van der Waals surface area contributed by atoms with Gasteiger partial charge in [-0.2, -0.15) is 0 Å². The molecule has 0 aromatic heterocycles. The fourth-order valence-electron chi connectivity index (χ4n) is 1.67. The van der Waals surface area contributed by atoms with Crippen LogP contribution in [0.4, 0.5) is 4.39 Å². The minimum Gasteiger partial charge on any atom is -0.508 e. The second-order valence-electron chi connectivity index (χ2n) is 4.13. The van der Waals surface area contributed by atoms with E-state index in [1.807, 2.05) is 0 Å². The summed E-state index contributed by atoms with van der Waals surface area (Å²) < 4.78 is 13.0. The molecule has 2 aromatic carbocycles. The number of halogens is 1. The lowest BCUT2D eigenvalue weighted by molar-refractivity contribution is -0.116.